The third-order valence-corrected chi connectivity index (χ3v) is 6.35. The van der Waals surface area contributed by atoms with Gasteiger partial charge in [-0.3, -0.25) is 14.4 Å². The van der Waals surface area contributed by atoms with Crippen molar-refractivity contribution in [3.8, 4) is 0 Å². The first-order chi connectivity index (χ1) is 17.5. The van der Waals surface area contributed by atoms with Crippen LogP contribution in [0.25, 0.3) is 0 Å². The molecule has 1 saturated carbocycles. The molecule has 1 aromatic heterocycles. The van der Waals surface area contributed by atoms with Crippen molar-refractivity contribution in [1.29, 1.82) is 0 Å². The molecule has 0 aliphatic heterocycles. The summed E-state index contributed by atoms with van der Waals surface area (Å²) in [5.74, 6) is 0.0715. The van der Waals surface area contributed by atoms with Crippen molar-refractivity contribution in [2.24, 2.45) is 0 Å². The lowest BCUT2D eigenvalue weighted by Crippen LogP contribution is -2.46. The number of carbonyl (C=O) groups is 3. The van der Waals surface area contributed by atoms with Crippen LogP contribution < -0.4 is 10.6 Å². The summed E-state index contributed by atoms with van der Waals surface area (Å²) in [5.41, 5.74) is 1.64. The summed E-state index contributed by atoms with van der Waals surface area (Å²) in [6.07, 6.45) is 3.99. The summed E-state index contributed by atoms with van der Waals surface area (Å²) in [5, 5.41) is 9.57. The van der Waals surface area contributed by atoms with Gasteiger partial charge < -0.3 is 20.1 Å². The Balaban J connectivity index is 1.55. The number of nitrogens with zero attached hydrogens (tertiary/aromatic N) is 2. The molecule has 1 aliphatic rings. The lowest BCUT2D eigenvalue weighted by atomic mass is 10.0. The molecule has 1 heterocycles. The van der Waals surface area contributed by atoms with Crippen LogP contribution in [0.2, 0.25) is 0 Å². The third kappa shape index (κ3) is 6.81. The summed E-state index contributed by atoms with van der Waals surface area (Å²) in [6.45, 7) is 1.98. The molecule has 2 N–H and O–H groups in total. The number of aryl methyl sites for hydroxylation is 1. The molecule has 8 heteroatoms. The van der Waals surface area contributed by atoms with E-state index in [1.54, 1.807) is 17.9 Å². The highest BCUT2D eigenvalue weighted by molar-refractivity contribution is 5.94. The second kappa shape index (κ2) is 12.2. The van der Waals surface area contributed by atoms with Gasteiger partial charge in [0.25, 0.3) is 0 Å². The summed E-state index contributed by atoms with van der Waals surface area (Å²) in [6, 6.07) is 19.8. The van der Waals surface area contributed by atoms with Gasteiger partial charge in [0, 0.05) is 31.5 Å². The molecule has 2 aromatic carbocycles. The molecule has 3 amide bonds. The number of benzene rings is 2. The van der Waals surface area contributed by atoms with E-state index in [0.29, 0.717) is 11.6 Å². The van der Waals surface area contributed by atoms with Crippen molar-refractivity contribution >= 4 is 23.5 Å². The van der Waals surface area contributed by atoms with Crippen LogP contribution in [0.1, 0.15) is 61.5 Å². The standard InChI is InChI=1S/C28H32N4O4/c1-20-18-24(31-36-20)30-25(33)16-17-26(34)32(19-21-10-4-2-5-11-21)27(22-12-6-3-7-13-22)28(35)29-23-14-8-9-15-23/h2-7,10-13,18,23,27H,8-9,14-17,19H2,1H3,(H,29,35)(H,30,31,33). The minimum absolute atomic E-state index is 0.0399. The molecule has 1 unspecified atom stereocenters. The maximum atomic E-state index is 13.6. The monoisotopic (exact) mass is 488 g/mol. The number of carbonyl (C=O) groups excluding carboxylic acids is 3. The quantitative estimate of drug-likeness (QED) is 0.436. The van der Waals surface area contributed by atoms with E-state index in [4.69, 9.17) is 4.52 Å². The Morgan fingerprint density at radius 3 is 2.31 bits per heavy atom. The van der Waals surface area contributed by atoms with E-state index in [0.717, 1.165) is 36.8 Å². The Morgan fingerprint density at radius 2 is 1.67 bits per heavy atom. The summed E-state index contributed by atoms with van der Waals surface area (Å²) in [7, 11) is 0. The molecule has 36 heavy (non-hydrogen) atoms. The van der Waals surface area contributed by atoms with Crippen LogP contribution in [0.4, 0.5) is 5.82 Å². The smallest absolute Gasteiger partial charge is 0.247 e. The zero-order chi connectivity index (χ0) is 25.3. The maximum Gasteiger partial charge on any atom is 0.247 e. The van der Waals surface area contributed by atoms with Gasteiger partial charge in [0.1, 0.15) is 11.8 Å². The molecular formula is C28H32N4O4. The minimum atomic E-state index is -0.805. The van der Waals surface area contributed by atoms with Gasteiger partial charge in [-0.1, -0.05) is 78.7 Å². The van der Waals surface area contributed by atoms with Crippen LogP contribution in [0.15, 0.2) is 71.3 Å². The Morgan fingerprint density at radius 1 is 1.00 bits per heavy atom. The van der Waals surface area contributed by atoms with E-state index in [1.807, 2.05) is 60.7 Å². The number of anilines is 1. The normalized spacial score (nSPS) is 14.2. The first kappa shape index (κ1) is 25.2. The number of aromatic nitrogens is 1. The van der Waals surface area contributed by atoms with Crippen LogP contribution >= 0.6 is 0 Å². The van der Waals surface area contributed by atoms with Gasteiger partial charge in [0.2, 0.25) is 17.7 Å². The first-order valence-electron chi connectivity index (χ1n) is 12.4. The van der Waals surface area contributed by atoms with Crippen LogP contribution in [0, 0.1) is 6.92 Å². The van der Waals surface area contributed by atoms with Crippen LogP contribution in [-0.4, -0.2) is 33.8 Å². The van der Waals surface area contributed by atoms with Crippen molar-refractivity contribution in [3.63, 3.8) is 0 Å². The van der Waals surface area contributed by atoms with E-state index >= 15 is 0 Å². The van der Waals surface area contributed by atoms with E-state index < -0.39 is 6.04 Å². The fraction of sp³-hybridized carbons (Fsp3) is 0.357. The topological polar surface area (TPSA) is 105 Å². The average molecular weight is 489 g/mol. The van der Waals surface area contributed by atoms with Crippen molar-refractivity contribution in [3.05, 3.63) is 83.6 Å². The number of rotatable bonds is 10. The highest BCUT2D eigenvalue weighted by Crippen LogP contribution is 2.27. The second-order valence-electron chi connectivity index (χ2n) is 9.18. The molecule has 1 fully saturated rings. The summed E-state index contributed by atoms with van der Waals surface area (Å²) < 4.78 is 4.97. The number of hydrogen-bond donors (Lipinski definition) is 2. The Hall–Kier alpha value is -3.94. The molecular weight excluding hydrogens is 456 g/mol. The van der Waals surface area contributed by atoms with E-state index in [2.05, 4.69) is 15.8 Å². The second-order valence-corrected chi connectivity index (χ2v) is 9.18. The fourth-order valence-electron chi connectivity index (χ4n) is 4.56. The molecule has 1 aliphatic carbocycles. The van der Waals surface area contributed by atoms with Crippen molar-refractivity contribution in [2.45, 2.75) is 64.1 Å². The first-order valence-corrected chi connectivity index (χ1v) is 12.4. The summed E-state index contributed by atoms with van der Waals surface area (Å²) in [4.78, 5) is 41.3. The molecule has 4 rings (SSSR count). The van der Waals surface area contributed by atoms with Crippen LogP contribution in [-0.2, 0) is 20.9 Å². The van der Waals surface area contributed by atoms with E-state index in [1.165, 1.54) is 0 Å². The Kier molecular flexibility index (Phi) is 8.49. The Bertz CT molecular complexity index is 1160. The third-order valence-electron chi connectivity index (χ3n) is 6.35. The van der Waals surface area contributed by atoms with E-state index in [9.17, 15) is 14.4 Å². The predicted octanol–water partition coefficient (Wildman–Crippen LogP) is 4.53. The molecule has 8 nitrogen and oxygen atoms in total. The van der Waals surface area contributed by atoms with Gasteiger partial charge in [-0.2, -0.15) is 0 Å². The number of nitrogens with one attached hydrogen (secondary N) is 2. The number of hydrogen-bond acceptors (Lipinski definition) is 5. The lowest BCUT2D eigenvalue weighted by molar-refractivity contribution is -0.142. The van der Waals surface area contributed by atoms with Gasteiger partial charge >= 0.3 is 0 Å². The minimum Gasteiger partial charge on any atom is -0.360 e. The van der Waals surface area contributed by atoms with Crippen molar-refractivity contribution in [2.75, 3.05) is 5.32 Å². The largest absolute Gasteiger partial charge is 0.360 e. The van der Waals surface area contributed by atoms with Gasteiger partial charge in [-0.25, -0.2) is 0 Å². The Labute approximate surface area is 211 Å². The molecule has 0 bridgehead atoms. The molecule has 188 valence electrons. The zero-order valence-electron chi connectivity index (χ0n) is 20.5. The highest BCUT2D eigenvalue weighted by atomic mass is 16.5. The molecule has 0 spiro atoms. The zero-order valence-corrected chi connectivity index (χ0v) is 20.5. The lowest BCUT2D eigenvalue weighted by Gasteiger charge is -2.32. The van der Waals surface area contributed by atoms with Crippen molar-refractivity contribution < 1.29 is 18.9 Å². The molecule has 3 aromatic rings. The van der Waals surface area contributed by atoms with Crippen LogP contribution in [0.3, 0.4) is 0 Å². The fourth-order valence-corrected chi connectivity index (χ4v) is 4.56. The van der Waals surface area contributed by atoms with Gasteiger partial charge in [0.05, 0.1) is 0 Å². The molecule has 0 radical (unpaired) electrons. The van der Waals surface area contributed by atoms with Crippen LogP contribution in [0.5, 0.6) is 0 Å². The maximum absolute atomic E-state index is 13.6. The van der Waals surface area contributed by atoms with Gasteiger partial charge in [-0.15, -0.1) is 0 Å². The van der Waals surface area contributed by atoms with Gasteiger partial charge in [-0.05, 0) is 30.9 Å². The highest BCUT2D eigenvalue weighted by Gasteiger charge is 2.33. The summed E-state index contributed by atoms with van der Waals surface area (Å²) >= 11 is 0. The molecule has 0 saturated heterocycles. The van der Waals surface area contributed by atoms with Gasteiger partial charge in [0.15, 0.2) is 5.82 Å². The average Bonchev–Trinajstić information content (AvgIpc) is 3.55. The molecule has 1 atom stereocenters. The number of amides is 3. The van der Waals surface area contributed by atoms with Crippen molar-refractivity contribution in [1.82, 2.24) is 15.4 Å². The SMILES string of the molecule is Cc1cc(NC(=O)CCC(=O)N(Cc2ccccc2)C(C(=O)NC2CCCC2)c2ccccc2)no1. The predicted molar refractivity (Wildman–Crippen MR) is 136 cm³/mol. The van der Waals surface area contributed by atoms with E-state index in [-0.39, 0.29) is 43.1 Å².